The minimum Gasteiger partial charge on any atom is -0.382 e. The summed E-state index contributed by atoms with van der Waals surface area (Å²) in [7, 11) is 1.84. The number of fused-ring (bicyclic) bond motifs is 1. The van der Waals surface area contributed by atoms with Gasteiger partial charge >= 0.3 is 0 Å². The van der Waals surface area contributed by atoms with Gasteiger partial charge in [0.25, 0.3) is 0 Å². The number of rotatable bonds is 9. The van der Waals surface area contributed by atoms with Crippen LogP contribution in [0.25, 0.3) is 0 Å². The van der Waals surface area contributed by atoms with Crippen molar-refractivity contribution < 1.29 is 14.2 Å². The number of epoxide rings is 1. The lowest BCUT2D eigenvalue weighted by molar-refractivity contribution is 0.0776. The Kier molecular flexibility index (Phi) is 5.98. The lowest BCUT2D eigenvalue weighted by atomic mass is 9.88. The first-order valence-corrected chi connectivity index (χ1v) is 9.12. The Hall–Kier alpha value is 0.0969. The van der Waals surface area contributed by atoms with E-state index in [4.69, 9.17) is 14.2 Å². The van der Waals surface area contributed by atoms with E-state index >= 15 is 0 Å². The first kappa shape index (κ1) is 13.5. The van der Waals surface area contributed by atoms with Crippen LogP contribution >= 0.6 is 0 Å². The van der Waals surface area contributed by atoms with Crippen molar-refractivity contribution in [2.24, 2.45) is 5.92 Å². The van der Waals surface area contributed by atoms with Crippen molar-refractivity contribution in [2.75, 3.05) is 26.9 Å². The van der Waals surface area contributed by atoms with Crippen molar-refractivity contribution in [3.8, 4) is 0 Å². The van der Waals surface area contributed by atoms with Gasteiger partial charge in [-0.25, -0.2) is 0 Å². The highest BCUT2D eigenvalue weighted by Gasteiger charge is 2.43. The van der Waals surface area contributed by atoms with Crippen molar-refractivity contribution >= 4 is 9.52 Å². The summed E-state index contributed by atoms with van der Waals surface area (Å²) in [6.07, 6.45) is 6.88. The topological polar surface area (TPSA) is 31.0 Å². The average Bonchev–Trinajstić information content (AvgIpc) is 3.11. The van der Waals surface area contributed by atoms with Gasteiger partial charge in [-0.05, 0) is 31.2 Å². The zero-order valence-electron chi connectivity index (χ0n) is 11.0. The predicted octanol–water partition coefficient (Wildman–Crippen LogP) is 1.61. The molecule has 0 bridgehead atoms. The van der Waals surface area contributed by atoms with E-state index in [1.54, 1.807) is 7.11 Å². The molecular weight excluding hydrogens is 232 g/mol. The molecule has 2 rings (SSSR count). The van der Waals surface area contributed by atoms with Gasteiger partial charge in [0.05, 0.1) is 25.4 Å². The van der Waals surface area contributed by atoms with Crippen molar-refractivity contribution in [3.05, 3.63) is 0 Å². The monoisotopic (exact) mass is 258 g/mol. The highest BCUT2D eigenvalue weighted by molar-refractivity contribution is 6.35. The van der Waals surface area contributed by atoms with Crippen molar-refractivity contribution in [1.82, 2.24) is 0 Å². The molecule has 2 aliphatic rings. The van der Waals surface area contributed by atoms with E-state index in [1.165, 1.54) is 37.8 Å². The highest BCUT2D eigenvalue weighted by Crippen LogP contribution is 2.40. The normalized spacial score (nSPS) is 31.9. The van der Waals surface area contributed by atoms with Crippen LogP contribution in [0.2, 0.25) is 12.1 Å². The van der Waals surface area contributed by atoms with E-state index in [0.29, 0.717) is 12.2 Å². The first-order chi connectivity index (χ1) is 8.40. The Morgan fingerprint density at radius 1 is 1.12 bits per heavy atom. The Morgan fingerprint density at radius 3 is 2.88 bits per heavy atom. The Morgan fingerprint density at radius 2 is 2.06 bits per heavy atom. The van der Waals surface area contributed by atoms with Crippen LogP contribution in [0.3, 0.4) is 0 Å². The van der Waals surface area contributed by atoms with Crippen LogP contribution in [0, 0.1) is 5.92 Å². The smallest absolute Gasteiger partial charge is 0.0844 e. The zero-order valence-corrected chi connectivity index (χ0v) is 12.4. The lowest BCUT2D eigenvalue weighted by Gasteiger charge is -2.18. The van der Waals surface area contributed by atoms with E-state index in [-0.39, 0.29) is 9.52 Å². The van der Waals surface area contributed by atoms with Crippen LogP contribution in [0.15, 0.2) is 0 Å². The van der Waals surface area contributed by atoms with Crippen LogP contribution in [0.5, 0.6) is 0 Å². The molecule has 0 N–H and O–H groups in total. The molecule has 0 aromatic heterocycles. The molecule has 100 valence electrons. The van der Waals surface area contributed by atoms with Crippen molar-refractivity contribution in [1.29, 1.82) is 0 Å². The maximum Gasteiger partial charge on any atom is 0.0844 e. The molecule has 0 aromatic carbocycles. The van der Waals surface area contributed by atoms with Gasteiger partial charge in [0.1, 0.15) is 0 Å². The van der Waals surface area contributed by atoms with E-state index in [1.807, 2.05) is 0 Å². The van der Waals surface area contributed by atoms with Gasteiger partial charge in [0.2, 0.25) is 0 Å². The first-order valence-electron chi connectivity index (χ1n) is 7.12. The van der Waals surface area contributed by atoms with Crippen LogP contribution in [0.1, 0.15) is 25.7 Å². The van der Waals surface area contributed by atoms with E-state index in [2.05, 4.69) is 0 Å². The highest BCUT2D eigenvalue weighted by atomic mass is 28.2. The second-order valence-electron chi connectivity index (χ2n) is 5.35. The molecule has 17 heavy (non-hydrogen) atoms. The van der Waals surface area contributed by atoms with E-state index in [0.717, 1.165) is 25.7 Å². The van der Waals surface area contributed by atoms with Crippen molar-refractivity contribution in [3.63, 3.8) is 0 Å². The fraction of sp³-hybridized carbons (Fsp3) is 1.00. The third-order valence-corrected chi connectivity index (χ3v) is 5.64. The summed E-state index contributed by atoms with van der Waals surface area (Å²) in [5, 5.41) is 0. The van der Waals surface area contributed by atoms with Gasteiger partial charge in [-0.2, -0.15) is 0 Å². The second-order valence-corrected chi connectivity index (χ2v) is 7.47. The molecule has 3 unspecified atom stereocenters. The van der Waals surface area contributed by atoms with Crippen LogP contribution in [0.4, 0.5) is 0 Å². The number of hydrogen-bond donors (Lipinski definition) is 0. The van der Waals surface area contributed by atoms with E-state index in [9.17, 15) is 0 Å². The molecule has 3 atom stereocenters. The number of ether oxygens (including phenoxy) is 3. The molecule has 0 radical (unpaired) electrons. The molecular formula is C13H26O3Si. The van der Waals surface area contributed by atoms with Gasteiger partial charge in [0.15, 0.2) is 0 Å². The summed E-state index contributed by atoms with van der Waals surface area (Å²) in [6.45, 7) is 2.44. The Labute approximate surface area is 107 Å². The third kappa shape index (κ3) is 5.08. The molecule has 0 amide bonds. The molecule has 2 fully saturated rings. The maximum atomic E-state index is 5.57. The SMILES string of the molecule is COCCOCC[SiH2]CCC1CCC2OC2C1. The lowest BCUT2D eigenvalue weighted by Crippen LogP contribution is -2.14. The predicted molar refractivity (Wildman–Crippen MR) is 71.5 cm³/mol. The molecule has 1 saturated carbocycles. The third-order valence-electron chi connectivity index (χ3n) is 3.95. The average molecular weight is 258 g/mol. The Bertz CT molecular complexity index is 213. The van der Waals surface area contributed by atoms with Gasteiger partial charge in [0, 0.05) is 23.2 Å². The minimum atomic E-state index is 0.122. The Balaban J connectivity index is 1.36. The van der Waals surface area contributed by atoms with Gasteiger partial charge in [-0.15, -0.1) is 0 Å². The molecule has 0 spiro atoms. The number of methoxy groups -OCH3 is 1. The molecule has 1 heterocycles. The fourth-order valence-corrected chi connectivity index (χ4v) is 4.44. The molecule has 1 aliphatic heterocycles. The fourth-order valence-electron chi connectivity index (χ4n) is 2.81. The van der Waals surface area contributed by atoms with Gasteiger partial charge in [-0.1, -0.05) is 12.5 Å². The summed E-state index contributed by atoms with van der Waals surface area (Å²) < 4.78 is 16.0. The summed E-state index contributed by atoms with van der Waals surface area (Å²) in [5.41, 5.74) is 0. The molecule has 0 aromatic rings. The molecule has 1 saturated heterocycles. The second kappa shape index (κ2) is 7.51. The molecule has 1 aliphatic carbocycles. The quantitative estimate of drug-likeness (QED) is 0.358. The summed E-state index contributed by atoms with van der Waals surface area (Å²) in [4.78, 5) is 0. The molecule has 3 nitrogen and oxygen atoms in total. The van der Waals surface area contributed by atoms with Crippen LogP contribution in [-0.2, 0) is 14.2 Å². The number of hydrogen-bond acceptors (Lipinski definition) is 3. The van der Waals surface area contributed by atoms with Gasteiger partial charge in [-0.3, -0.25) is 0 Å². The minimum absolute atomic E-state index is 0.122. The summed E-state index contributed by atoms with van der Waals surface area (Å²) >= 11 is 0. The van der Waals surface area contributed by atoms with Crippen LogP contribution in [-0.4, -0.2) is 48.7 Å². The largest absolute Gasteiger partial charge is 0.382 e. The van der Waals surface area contributed by atoms with Crippen LogP contribution < -0.4 is 0 Å². The maximum absolute atomic E-state index is 5.57. The zero-order chi connectivity index (χ0) is 11.9. The molecule has 4 heteroatoms. The van der Waals surface area contributed by atoms with Gasteiger partial charge < -0.3 is 14.2 Å². The summed E-state index contributed by atoms with van der Waals surface area (Å²) in [5.74, 6) is 0.973. The van der Waals surface area contributed by atoms with E-state index < -0.39 is 0 Å². The standard InChI is InChI=1S/C13H26O3Si/c1-14-5-6-15-7-9-17-8-4-11-2-3-12-13(10-11)16-12/h11-13H,2-10,17H2,1H3. The van der Waals surface area contributed by atoms with Crippen molar-refractivity contribution in [2.45, 2.75) is 50.0 Å². The summed E-state index contributed by atoms with van der Waals surface area (Å²) in [6, 6.07) is 2.83.